The average molecular weight is 469 g/mol. The zero-order chi connectivity index (χ0) is 23.8. The topological polar surface area (TPSA) is 122 Å². The minimum Gasteiger partial charge on any atom is -0.419 e. The predicted molar refractivity (Wildman–Crippen MR) is 119 cm³/mol. The second-order valence-corrected chi connectivity index (χ2v) is 8.93. The monoisotopic (exact) mass is 469 g/mol. The number of ether oxygens (including phenoxy) is 2. The smallest absolute Gasteiger partial charge is 0.419 e. The van der Waals surface area contributed by atoms with Crippen molar-refractivity contribution in [2.24, 2.45) is 0 Å². The average Bonchev–Trinajstić information content (AvgIpc) is 3.45. The Kier molecular flexibility index (Phi) is 6.05. The molecule has 1 saturated heterocycles. The third-order valence-corrected chi connectivity index (χ3v) is 6.36. The van der Waals surface area contributed by atoms with Gasteiger partial charge in [-0.3, -0.25) is 0 Å². The number of nitrogens with zero attached hydrogens (tertiary/aromatic N) is 5. The van der Waals surface area contributed by atoms with Gasteiger partial charge in [0, 0.05) is 26.2 Å². The van der Waals surface area contributed by atoms with E-state index in [1.807, 2.05) is 19.9 Å². The summed E-state index contributed by atoms with van der Waals surface area (Å²) in [6.45, 7) is 7.63. The van der Waals surface area contributed by atoms with Gasteiger partial charge in [0.05, 0.1) is 5.39 Å². The molecule has 0 radical (unpaired) electrons. The summed E-state index contributed by atoms with van der Waals surface area (Å²) < 4.78 is 16.7. The van der Waals surface area contributed by atoms with Crippen LogP contribution in [-0.2, 0) is 14.3 Å². The number of rotatable bonds is 7. The van der Waals surface area contributed by atoms with Crippen LogP contribution in [0.2, 0.25) is 0 Å². The van der Waals surface area contributed by atoms with Gasteiger partial charge in [-0.2, -0.15) is 0 Å². The molecule has 2 aliphatic rings. The standard InChI is InChI=1S/C23H27N5O6/c1-13(2)15-5-6-16-17-18(26-28(16)34-23(30)22(29)32-19(15)17)21-25-24-20(33-21)14-7-10-27(11-8-14)9-4-12-31-3/h5-6,13-14H,4,7-12H2,1-3H3. The van der Waals surface area contributed by atoms with Crippen LogP contribution in [0.15, 0.2) is 16.5 Å². The summed E-state index contributed by atoms with van der Waals surface area (Å²) in [4.78, 5) is 32.8. The van der Waals surface area contributed by atoms with Crippen LogP contribution in [0.3, 0.4) is 0 Å². The lowest BCUT2D eigenvalue weighted by Gasteiger charge is -2.30. The van der Waals surface area contributed by atoms with E-state index in [1.165, 1.54) is 0 Å². The van der Waals surface area contributed by atoms with Gasteiger partial charge in [0.15, 0.2) is 5.69 Å². The third kappa shape index (κ3) is 4.05. The molecule has 0 amide bonds. The number of methoxy groups -OCH3 is 1. The third-order valence-electron chi connectivity index (χ3n) is 6.36. The summed E-state index contributed by atoms with van der Waals surface area (Å²) in [5.41, 5.74) is 1.54. The van der Waals surface area contributed by atoms with E-state index in [4.69, 9.17) is 18.7 Å². The molecule has 1 aromatic carbocycles. The van der Waals surface area contributed by atoms with Crippen LogP contribution < -0.4 is 9.57 Å². The summed E-state index contributed by atoms with van der Waals surface area (Å²) in [6.07, 6.45) is 2.85. The first-order chi connectivity index (χ1) is 16.5. The summed E-state index contributed by atoms with van der Waals surface area (Å²) >= 11 is 0. The van der Waals surface area contributed by atoms with Gasteiger partial charge in [-0.15, -0.1) is 15.3 Å². The maximum absolute atomic E-state index is 12.2. The molecule has 4 heterocycles. The van der Waals surface area contributed by atoms with Gasteiger partial charge in [-0.05, 0) is 49.9 Å². The molecule has 0 saturated carbocycles. The Balaban J connectivity index is 1.46. The predicted octanol–water partition coefficient (Wildman–Crippen LogP) is 2.30. The highest BCUT2D eigenvalue weighted by atomic mass is 16.7. The fourth-order valence-electron chi connectivity index (χ4n) is 4.54. The lowest BCUT2D eigenvalue weighted by Crippen LogP contribution is -2.34. The van der Waals surface area contributed by atoms with Gasteiger partial charge in [0.25, 0.3) is 5.89 Å². The minimum atomic E-state index is -1.15. The number of carbonyl (C=O) groups is 2. The highest BCUT2D eigenvalue weighted by Gasteiger charge is 2.33. The van der Waals surface area contributed by atoms with Crippen molar-refractivity contribution >= 4 is 22.8 Å². The molecule has 11 heteroatoms. The molecule has 0 unspecified atom stereocenters. The number of aromatic nitrogens is 4. The van der Waals surface area contributed by atoms with Crippen LogP contribution in [0, 0.1) is 0 Å². The lowest BCUT2D eigenvalue weighted by molar-refractivity contribution is -0.163. The molecule has 2 aliphatic heterocycles. The largest absolute Gasteiger partial charge is 0.443 e. The molecule has 0 aliphatic carbocycles. The molecule has 0 spiro atoms. The van der Waals surface area contributed by atoms with Crippen molar-refractivity contribution in [2.75, 3.05) is 33.4 Å². The Morgan fingerprint density at radius 2 is 1.94 bits per heavy atom. The van der Waals surface area contributed by atoms with E-state index in [0.29, 0.717) is 22.5 Å². The lowest BCUT2D eigenvalue weighted by atomic mass is 9.97. The Morgan fingerprint density at radius 3 is 2.68 bits per heavy atom. The van der Waals surface area contributed by atoms with Crippen LogP contribution in [0.4, 0.5) is 0 Å². The van der Waals surface area contributed by atoms with Crippen molar-refractivity contribution in [3.05, 3.63) is 23.6 Å². The van der Waals surface area contributed by atoms with Crippen molar-refractivity contribution < 1.29 is 28.3 Å². The summed E-state index contributed by atoms with van der Waals surface area (Å²) in [7, 11) is 1.72. The summed E-state index contributed by atoms with van der Waals surface area (Å²) in [5.74, 6) is -1.06. The molecule has 2 aromatic heterocycles. The van der Waals surface area contributed by atoms with Crippen molar-refractivity contribution in [1.29, 1.82) is 0 Å². The second-order valence-electron chi connectivity index (χ2n) is 8.93. The highest BCUT2D eigenvalue weighted by Crippen LogP contribution is 2.41. The Morgan fingerprint density at radius 1 is 1.15 bits per heavy atom. The van der Waals surface area contributed by atoms with Gasteiger partial charge < -0.3 is 23.6 Å². The summed E-state index contributed by atoms with van der Waals surface area (Å²) in [6, 6.07) is 3.60. The van der Waals surface area contributed by atoms with E-state index in [1.54, 1.807) is 13.2 Å². The minimum absolute atomic E-state index is 0.0335. The fourth-order valence-corrected chi connectivity index (χ4v) is 4.54. The van der Waals surface area contributed by atoms with Gasteiger partial charge in [0.2, 0.25) is 5.89 Å². The molecule has 4 bridgehead atoms. The van der Waals surface area contributed by atoms with Crippen LogP contribution in [0.25, 0.3) is 22.5 Å². The van der Waals surface area contributed by atoms with Gasteiger partial charge >= 0.3 is 11.9 Å². The molecule has 11 nitrogen and oxygen atoms in total. The first-order valence-corrected chi connectivity index (χ1v) is 11.5. The molecular weight excluding hydrogens is 442 g/mol. The number of benzene rings is 1. The fraction of sp³-hybridized carbons (Fsp3) is 0.522. The van der Waals surface area contributed by atoms with E-state index in [-0.39, 0.29) is 23.5 Å². The first-order valence-electron chi connectivity index (χ1n) is 11.5. The molecule has 5 rings (SSSR count). The number of likely N-dealkylation sites (tertiary alicyclic amines) is 1. The summed E-state index contributed by atoms with van der Waals surface area (Å²) in [5, 5.41) is 13.4. The number of carbonyl (C=O) groups excluding carboxylic acids is 2. The SMILES string of the molecule is COCCCN1CCC(c2nnc(-c3nn4c5ccc(C(C)C)c(c35)OC(=O)C(=O)O4)o2)CC1. The molecule has 3 aromatic rings. The van der Waals surface area contributed by atoms with Crippen molar-refractivity contribution in [3.63, 3.8) is 0 Å². The molecular formula is C23H27N5O6. The van der Waals surface area contributed by atoms with E-state index < -0.39 is 11.9 Å². The maximum atomic E-state index is 12.2. The number of hydrogen-bond donors (Lipinski definition) is 0. The van der Waals surface area contributed by atoms with Crippen LogP contribution in [0.5, 0.6) is 5.75 Å². The zero-order valence-corrected chi connectivity index (χ0v) is 19.4. The van der Waals surface area contributed by atoms with Gasteiger partial charge in [-0.25, -0.2) is 9.59 Å². The van der Waals surface area contributed by atoms with E-state index in [9.17, 15) is 9.59 Å². The Hall–Kier alpha value is -3.31. The highest BCUT2D eigenvalue weighted by molar-refractivity contribution is 6.31. The molecule has 0 N–H and O–H groups in total. The second kappa shape index (κ2) is 9.15. The quantitative estimate of drug-likeness (QED) is 0.220. The van der Waals surface area contributed by atoms with Crippen molar-refractivity contribution in [1.82, 2.24) is 25.0 Å². The van der Waals surface area contributed by atoms with E-state index >= 15 is 0 Å². The van der Waals surface area contributed by atoms with Crippen molar-refractivity contribution in [3.8, 4) is 17.3 Å². The Labute approximate surface area is 195 Å². The number of hydrogen-bond acceptors (Lipinski definition) is 10. The van der Waals surface area contributed by atoms with Crippen LogP contribution in [0.1, 0.15) is 56.4 Å². The van der Waals surface area contributed by atoms with Crippen molar-refractivity contribution in [2.45, 2.75) is 44.9 Å². The van der Waals surface area contributed by atoms with Crippen LogP contribution in [-0.4, -0.2) is 70.3 Å². The molecule has 180 valence electrons. The van der Waals surface area contributed by atoms with Gasteiger partial charge in [0.1, 0.15) is 11.3 Å². The van der Waals surface area contributed by atoms with Gasteiger partial charge in [-0.1, -0.05) is 24.8 Å². The van der Waals surface area contributed by atoms with Crippen LogP contribution >= 0.6 is 0 Å². The maximum Gasteiger partial charge on any atom is 0.443 e. The molecule has 1 fully saturated rings. The zero-order valence-electron chi connectivity index (χ0n) is 19.4. The van der Waals surface area contributed by atoms with E-state index in [0.717, 1.165) is 55.9 Å². The molecule has 34 heavy (non-hydrogen) atoms. The number of piperidine rings is 1. The van der Waals surface area contributed by atoms with E-state index in [2.05, 4.69) is 20.2 Å². The first kappa shape index (κ1) is 22.5. The number of esters is 1. The Bertz CT molecular complexity index is 1220. The normalized spacial score (nSPS) is 17.3. The molecule has 0 atom stereocenters.